The van der Waals surface area contributed by atoms with E-state index < -0.39 is 10.8 Å². The van der Waals surface area contributed by atoms with Crippen LogP contribution in [0.25, 0.3) is 0 Å². The third-order valence-corrected chi connectivity index (χ3v) is 2.85. The summed E-state index contributed by atoms with van der Waals surface area (Å²) in [6, 6.07) is 7.11. The highest BCUT2D eigenvalue weighted by atomic mass is 16.6. The van der Waals surface area contributed by atoms with Crippen molar-refractivity contribution in [3.05, 3.63) is 57.5 Å². The summed E-state index contributed by atoms with van der Waals surface area (Å²) in [5.74, 6) is 2.76. The minimum Gasteiger partial charge on any atom is -0.480 e. The molecule has 0 saturated carbocycles. The quantitative estimate of drug-likeness (QED) is 0.379. The largest absolute Gasteiger partial charge is 0.480 e. The number of nitrogens with one attached hydrogen (secondary N) is 1. The van der Waals surface area contributed by atoms with Gasteiger partial charge in [0.05, 0.1) is 11.1 Å². The van der Waals surface area contributed by atoms with Gasteiger partial charge in [-0.2, -0.15) is 5.10 Å². The fourth-order valence-electron chi connectivity index (χ4n) is 1.77. The molecule has 0 aliphatic carbocycles. The molecule has 2 rings (SSSR count). The first-order valence-electron chi connectivity index (χ1n) is 6.76. The molecule has 24 heavy (non-hydrogen) atoms. The van der Waals surface area contributed by atoms with Crippen LogP contribution in [0.5, 0.6) is 5.75 Å². The maximum absolute atomic E-state index is 11.8. The lowest BCUT2D eigenvalue weighted by Gasteiger charge is -2.06. The van der Waals surface area contributed by atoms with E-state index in [1.807, 2.05) is 0 Å². The van der Waals surface area contributed by atoms with Gasteiger partial charge in [-0.1, -0.05) is 5.92 Å². The third-order valence-electron chi connectivity index (χ3n) is 2.85. The molecule has 0 spiro atoms. The molecule has 1 N–H and O–H groups in total. The average Bonchev–Trinajstić information content (AvgIpc) is 3.00. The second kappa shape index (κ2) is 7.60. The van der Waals surface area contributed by atoms with Gasteiger partial charge < -0.3 is 9.15 Å². The van der Waals surface area contributed by atoms with Crippen LogP contribution in [0.4, 0.5) is 5.69 Å². The highest BCUT2D eigenvalue weighted by Gasteiger charge is 2.11. The van der Waals surface area contributed by atoms with Crippen molar-refractivity contribution in [1.82, 2.24) is 5.43 Å². The molecule has 0 aliphatic rings. The number of rotatable bonds is 6. The SMILES string of the molecule is C#CCOc1ccc([N+](=O)[O-])cc1/C=N\NC(=O)c1ccc(C)o1. The average molecular weight is 327 g/mol. The van der Waals surface area contributed by atoms with Gasteiger partial charge in [0, 0.05) is 17.7 Å². The summed E-state index contributed by atoms with van der Waals surface area (Å²) in [5.41, 5.74) is 2.42. The zero-order valence-electron chi connectivity index (χ0n) is 12.7. The molecule has 0 unspecified atom stereocenters. The Bertz CT molecular complexity index is 832. The summed E-state index contributed by atoms with van der Waals surface area (Å²) in [5, 5.41) is 14.6. The Morgan fingerprint density at radius 1 is 1.50 bits per heavy atom. The summed E-state index contributed by atoms with van der Waals surface area (Å²) in [6.45, 7) is 1.70. The number of carbonyl (C=O) groups is 1. The lowest BCUT2D eigenvalue weighted by atomic mass is 10.2. The molecular weight excluding hydrogens is 314 g/mol. The minimum absolute atomic E-state index is 0.00329. The number of hydrogen-bond acceptors (Lipinski definition) is 6. The van der Waals surface area contributed by atoms with Crippen LogP contribution in [0.2, 0.25) is 0 Å². The molecule has 122 valence electrons. The zero-order valence-corrected chi connectivity index (χ0v) is 12.7. The number of benzene rings is 1. The van der Waals surface area contributed by atoms with E-state index in [0.29, 0.717) is 17.1 Å². The Morgan fingerprint density at radius 3 is 2.92 bits per heavy atom. The molecular formula is C16H13N3O5. The summed E-state index contributed by atoms with van der Waals surface area (Å²) in [6.07, 6.45) is 6.36. The Hall–Kier alpha value is -3.60. The van der Waals surface area contributed by atoms with Crippen molar-refractivity contribution >= 4 is 17.8 Å². The summed E-state index contributed by atoms with van der Waals surface area (Å²) >= 11 is 0. The van der Waals surface area contributed by atoms with Gasteiger partial charge in [0.15, 0.2) is 5.76 Å². The molecule has 1 amide bonds. The van der Waals surface area contributed by atoms with E-state index in [0.717, 1.165) is 0 Å². The Labute approximate surface area is 137 Å². The van der Waals surface area contributed by atoms with Crippen molar-refractivity contribution in [3.8, 4) is 18.1 Å². The topological polar surface area (TPSA) is 107 Å². The van der Waals surface area contributed by atoms with Crippen molar-refractivity contribution in [2.45, 2.75) is 6.92 Å². The van der Waals surface area contributed by atoms with Crippen molar-refractivity contribution < 1.29 is 18.9 Å². The lowest BCUT2D eigenvalue weighted by molar-refractivity contribution is -0.384. The minimum atomic E-state index is -0.549. The van der Waals surface area contributed by atoms with Gasteiger partial charge in [0.1, 0.15) is 18.1 Å². The second-order valence-corrected chi connectivity index (χ2v) is 4.58. The second-order valence-electron chi connectivity index (χ2n) is 4.58. The molecule has 8 nitrogen and oxygen atoms in total. The summed E-state index contributed by atoms with van der Waals surface area (Å²) in [4.78, 5) is 22.1. The number of amides is 1. The third kappa shape index (κ3) is 4.20. The lowest BCUT2D eigenvalue weighted by Crippen LogP contribution is -2.16. The van der Waals surface area contributed by atoms with E-state index in [2.05, 4.69) is 16.4 Å². The van der Waals surface area contributed by atoms with E-state index in [1.54, 1.807) is 13.0 Å². The number of nitrogens with zero attached hydrogens (tertiary/aromatic N) is 2. The fourth-order valence-corrected chi connectivity index (χ4v) is 1.77. The number of non-ortho nitro benzene ring substituents is 1. The van der Waals surface area contributed by atoms with Crippen LogP contribution in [-0.2, 0) is 0 Å². The number of nitro benzene ring substituents is 1. The van der Waals surface area contributed by atoms with Crippen LogP contribution in [0.15, 0.2) is 39.9 Å². The van der Waals surface area contributed by atoms with Gasteiger partial charge in [0.2, 0.25) is 0 Å². The van der Waals surface area contributed by atoms with Crippen LogP contribution in [-0.4, -0.2) is 23.7 Å². The summed E-state index contributed by atoms with van der Waals surface area (Å²) < 4.78 is 10.4. The van der Waals surface area contributed by atoms with Crippen molar-refractivity contribution in [1.29, 1.82) is 0 Å². The number of aryl methyl sites for hydroxylation is 1. The number of carbonyl (C=O) groups excluding carboxylic acids is 1. The highest BCUT2D eigenvalue weighted by Crippen LogP contribution is 2.22. The predicted molar refractivity (Wildman–Crippen MR) is 85.9 cm³/mol. The van der Waals surface area contributed by atoms with E-state index in [9.17, 15) is 14.9 Å². The van der Waals surface area contributed by atoms with Gasteiger partial charge >= 0.3 is 5.91 Å². The number of terminal acetylenes is 1. The molecule has 1 aromatic carbocycles. The Morgan fingerprint density at radius 2 is 2.29 bits per heavy atom. The van der Waals surface area contributed by atoms with E-state index in [1.165, 1.54) is 30.5 Å². The first-order valence-corrected chi connectivity index (χ1v) is 6.76. The van der Waals surface area contributed by atoms with Gasteiger partial charge in [-0.15, -0.1) is 6.42 Å². The number of hydrogen-bond donors (Lipinski definition) is 1. The van der Waals surface area contributed by atoms with Gasteiger partial charge in [-0.25, -0.2) is 5.43 Å². The van der Waals surface area contributed by atoms with Crippen LogP contribution >= 0.6 is 0 Å². The van der Waals surface area contributed by atoms with E-state index in [-0.39, 0.29) is 18.1 Å². The van der Waals surface area contributed by atoms with Crippen LogP contribution in [0.3, 0.4) is 0 Å². The van der Waals surface area contributed by atoms with Crippen LogP contribution in [0.1, 0.15) is 21.9 Å². The molecule has 0 atom stereocenters. The van der Waals surface area contributed by atoms with E-state index >= 15 is 0 Å². The number of hydrazone groups is 1. The maximum atomic E-state index is 11.8. The fraction of sp³-hybridized carbons (Fsp3) is 0.125. The highest BCUT2D eigenvalue weighted by molar-refractivity contribution is 5.92. The van der Waals surface area contributed by atoms with Crippen LogP contribution in [0, 0.1) is 29.4 Å². The Kier molecular flexibility index (Phi) is 5.31. The first-order chi connectivity index (χ1) is 11.5. The smallest absolute Gasteiger partial charge is 0.307 e. The van der Waals surface area contributed by atoms with Crippen LogP contribution < -0.4 is 10.2 Å². The predicted octanol–water partition coefficient (Wildman–Crippen LogP) is 2.27. The van der Waals surface area contributed by atoms with Crippen molar-refractivity contribution in [2.24, 2.45) is 5.10 Å². The number of ether oxygens (including phenoxy) is 1. The normalized spacial score (nSPS) is 10.3. The number of nitro groups is 1. The molecule has 2 aromatic rings. The summed E-state index contributed by atoms with van der Waals surface area (Å²) in [7, 11) is 0. The molecule has 8 heteroatoms. The molecule has 0 bridgehead atoms. The van der Waals surface area contributed by atoms with Crippen molar-refractivity contribution in [3.63, 3.8) is 0 Å². The Balaban J connectivity index is 2.16. The molecule has 0 aliphatic heterocycles. The van der Waals surface area contributed by atoms with Gasteiger partial charge in [-0.05, 0) is 25.1 Å². The zero-order chi connectivity index (χ0) is 17.5. The molecule has 1 aromatic heterocycles. The van der Waals surface area contributed by atoms with Gasteiger partial charge in [0.25, 0.3) is 5.69 Å². The standard InChI is InChI=1S/C16H13N3O5/c1-3-8-23-14-7-5-13(19(21)22)9-12(14)10-17-18-16(20)15-6-4-11(2)24-15/h1,4-7,9-10H,8H2,2H3,(H,18,20)/b17-10-. The van der Waals surface area contributed by atoms with Gasteiger partial charge in [-0.3, -0.25) is 14.9 Å². The maximum Gasteiger partial charge on any atom is 0.307 e. The molecule has 0 radical (unpaired) electrons. The molecule has 1 heterocycles. The van der Waals surface area contributed by atoms with Crippen molar-refractivity contribution in [2.75, 3.05) is 6.61 Å². The molecule has 0 fully saturated rings. The molecule has 0 saturated heterocycles. The first kappa shape index (κ1) is 16.8. The number of furan rings is 1. The van der Waals surface area contributed by atoms with E-state index in [4.69, 9.17) is 15.6 Å². The monoisotopic (exact) mass is 327 g/mol.